The standard InChI is InChI=1S/C21H18FN5O2/c1-25(11-15-10-24-27(12-15)17-5-3-2-4-6-17)20(28)13-26-14-23-19-9-16(22)7-8-18(19)21(26)29/h2-10,12,14H,11,13H2,1H3. The third-order valence-corrected chi connectivity index (χ3v) is 4.60. The first kappa shape index (κ1) is 18.5. The highest BCUT2D eigenvalue weighted by molar-refractivity contribution is 5.79. The Morgan fingerprint density at radius 1 is 1.17 bits per heavy atom. The van der Waals surface area contributed by atoms with Crippen LogP contribution >= 0.6 is 0 Å². The summed E-state index contributed by atoms with van der Waals surface area (Å²) in [5, 5.41) is 4.59. The van der Waals surface area contributed by atoms with Crippen LogP contribution in [0.5, 0.6) is 0 Å². The highest BCUT2D eigenvalue weighted by atomic mass is 19.1. The lowest BCUT2D eigenvalue weighted by atomic mass is 10.2. The van der Waals surface area contributed by atoms with Crippen molar-refractivity contribution in [3.8, 4) is 5.69 Å². The lowest BCUT2D eigenvalue weighted by Crippen LogP contribution is -2.33. The Hall–Kier alpha value is -3.81. The monoisotopic (exact) mass is 391 g/mol. The SMILES string of the molecule is CN(Cc1cnn(-c2ccccc2)c1)C(=O)Cn1cnc2cc(F)ccc2c1=O. The number of halogens is 1. The predicted molar refractivity (Wildman–Crippen MR) is 106 cm³/mol. The van der Waals surface area contributed by atoms with Crippen molar-refractivity contribution in [3.05, 3.63) is 89.0 Å². The Morgan fingerprint density at radius 3 is 2.76 bits per heavy atom. The van der Waals surface area contributed by atoms with Crippen LogP contribution in [0.25, 0.3) is 16.6 Å². The van der Waals surface area contributed by atoms with E-state index in [-0.39, 0.29) is 28.9 Å². The molecule has 0 saturated carbocycles. The van der Waals surface area contributed by atoms with Gasteiger partial charge >= 0.3 is 0 Å². The molecule has 0 aliphatic rings. The Labute approximate surface area is 165 Å². The number of carbonyl (C=O) groups is 1. The van der Waals surface area contributed by atoms with Crippen molar-refractivity contribution in [2.24, 2.45) is 0 Å². The third kappa shape index (κ3) is 3.91. The van der Waals surface area contributed by atoms with E-state index in [0.29, 0.717) is 6.54 Å². The highest BCUT2D eigenvalue weighted by Gasteiger charge is 2.14. The molecule has 4 aromatic rings. The summed E-state index contributed by atoms with van der Waals surface area (Å²) in [5.41, 5.74) is 1.68. The van der Waals surface area contributed by atoms with E-state index in [1.165, 1.54) is 34.0 Å². The van der Waals surface area contributed by atoms with Crippen LogP contribution in [0.2, 0.25) is 0 Å². The Kier molecular flexibility index (Phi) is 4.90. The van der Waals surface area contributed by atoms with Crippen molar-refractivity contribution in [3.63, 3.8) is 0 Å². The fourth-order valence-corrected chi connectivity index (χ4v) is 3.04. The molecule has 7 nitrogen and oxygen atoms in total. The van der Waals surface area contributed by atoms with Gasteiger partial charge in [0.15, 0.2) is 0 Å². The van der Waals surface area contributed by atoms with E-state index in [2.05, 4.69) is 10.1 Å². The first-order valence-corrected chi connectivity index (χ1v) is 8.99. The number of carbonyl (C=O) groups excluding carboxylic acids is 1. The largest absolute Gasteiger partial charge is 0.340 e. The second-order valence-corrected chi connectivity index (χ2v) is 6.72. The van der Waals surface area contributed by atoms with Crippen LogP contribution in [0.4, 0.5) is 4.39 Å². The number of nitrogens with zero attached hydrogens (tertiary/aromatic N) is 5. The van der Waals surface area contributed by atoms with Crippen LogP contribution in [0.1, 0.15) is 5.56 Å². The first-order chi connectivity index (χ1) is 14.0. The van der Waals surface area contributed by atoms with Crippen molar-refractivity contribution < 1.29 is 9.18 Å². The van der Waals surface area contributed by atoms with Gasteiger partial charge in [-0.2, -0.15) is 5.10 Å². The van der Waals surface area contributed by atoms with Gasteiger partial charge in [0.25, 0.3) is 5.56 Å². The van der Waals surface area contributed by atoms with Gasteiger partial charge in [-0.3, -0.25) is 14.2 Å². The average molecular weight is 391 g/mol. The van der Waals surface area contributed by atoms with Crippen molar-refractivity contribution in [2.45, 2.75) is 13.1 Å². The summed E-state index contributed by atoms with van der Waals surface area (Å²) >= 11 is 0. The lowest BCUT2D eigenvalue weighted by Gasteiger charge is -2.17. The summed E-state index contributed by atoms with van der Waals surface area (Å²) in [4.78, 5) is 30.7. The number of likely N-dealkylation sites (N-methyl/N-ethyl adjacent to an activating group) is 1. The number of benzene rings is 2. The molecule has 0 unspecified atom stereocenters. The maximum atomic E-state index is 13.3. The lowest BCUT2D eigenvalue weighted by molar-refractivity contribution is -0.131. The van der Waals surface area contributed by atoms with Gasteiger partial charge in [0.05, 0.1) is 29.1 Å². The molecule has 4 rings (SSSR count). The Bertz CT molecular complexity index is 1230. The van der Waals surface area contributed by atoms with Gasteiger partial charge in [-0.05, 0) is 24.3 Å². The number of hydrogen-bond acceptors (Lipinski definition) is 4. The molecule has 0 radical (unpaired) electrons. The molecule has 146 valence electrons. The minimum absolute atomic E-state index is 0.150. The van der Waals surface area contributed by atoms with Gasteiger partial charge in [-0.25, -0.2) is 14.1 Å². The summed E-state index contributed by atoms with van der Waals surface area (Å²) in [6, 6.07) is 13.4. The van der Waals surface area contributed by atoms with E-state index in [9.17, 15) is 14.0 Å². The van der Waals surface area contributed by atoms with Crippen LogP contribution in [0.3, 0.4) is 0 Å². The smallest absolute Gasteiger partial charge is 0.261 e. The predicted octanol–water partition coefficient (Wildman–Crippen LogP) is 2.38. The molecule has 2 heterocycles. The molecule has 0 atom stereocenters. The fourth-order valence-electron chi connectivity index (χ4n) is 3.04. The summed E-state index contributed by atoms with van der Waals surface area (Å²) in [7, 11) is 1.66. The maximum absolute atomic E-state index is 13.3. The highest BCUT2D eigenvalue weighted by Crippen LogP contribution is 2.10. The number of fused-ring (bicyclic) bond motifs is 1. The van der Waals surface area contributed by atoms with E-state index < -0.39 is 5.82 Å². The molecule has 29 heavy (non-hydrogen) atoms. The van der Waals surface area contributed by atoms with Crippen molar-refractivity contribution in [2.75, 3.05) is 7.05 Å². The number of hydrogen-bond donors (Lipinski definition) is 0. The summed E-state index contributed by atoms with van der Waals surface area (Å²) < 4.78 is 16.3. The van der Waals surface area contributed by atoms with Crippen LogP contribution < -0.4 is 5.56 Å². The van der Waals surface area contributed by atoms with E-state index >= 15 is 0 Å². The maximum Gasteiger partial charge on any atom is 0.261 e. The number of para-hydroxylation sites is 1. The van der Waals surface area contributed by atoms with Crippen LogP contribution in [0.15, 0.2) is 72.0 Å². The van der Waals surface area contributed by atoms with E-state index in [4.69, 9.17) is 0 Å². The van der Waals surface area contributed by atoms with Gasteiger partial charge in [0, 0.05) is 31.4 Å². The third-order valence-electron chi connectivity index (χ3n) is 4.60. The summed E-state index contributed by atoms with van der Waals surface area (Å²) in [5.74, 6) is -0.711. The Balaban J connectivity index is 1.47. The van der Waals surface area contributed by atoms with Gasteiger partial charge in [-0.15, -0.1) is 0 Å². The van der Waals surface area contributed by atoms with Crippen molar-refractivity contribution in [1.29, 1.82) is 0 Å². The molecule has 0 saturated heterocycles. The molecule has 0 aliphatic heterocycles. The number of rotatable bonds is 5. The minimum atomic E-state index is -0.464. The van der Waals surface area contributed by atoms with E-state index in [1.807, 2.05) is 36.5 Å². The van der Waals surface area contributed by atoms with Gasteiger partial charge in [0.1, 0.15) is 12.4 Å². The number of aromatic nitrogens is 4. The topological polar surface area (TPSA) is 73.0 Å². The zero-order chi connectivity index (χ0) is 20.4. The van der Waals surface area contributed by atoms with Crippen molar-refractivity contribution in [1.82, 2.24) is 24.2 Å². The molecule has 0 aliphatic carbocycles. The second kappa shape index (κ2) is 7.67. The molecule has 0 spiro atoms. The Morgan fingerprint density at radius 2 is 1.97 bits per heavy atom. The fraction of sp³-hybridized carbons (Fsp3) is 0.143. The summed E-state index contributed by atoms with van der Waals surface area (Å²) in [6.45, 7) is 0.203. The minimum Gasteiger partial charge on any atom is -0.340 e. The van der Waals surface area contributed by atoms with Gasteiger partial charge in [-0.1, -0.05) is 18.2 Å². The van der Waals surface area contributed by atoms with Crippen molar-refractivity contribution >= 4 is 16.8 Å². The molecular weight excluding hydrogens is 373 g/mol. The van der Waals surface area contributed by atoms with Crippen LogP contribution in [-0.2, 0) is 17.9 Å². The molecule has 2 aromatic heterocycles. The van der Waals surface area contributed by atoms with E-state index in [0.717, 1.165) is 11.3 Å². The van der Waals surface area contributed by atoms with Gasteiger partial charge < -0.3 is 4.90 Å². The molecule has 0 bridgehead atoms. The zero-order valence-corrected chi connectivity index (χ0v) is 15.7. The molecule has 0 N–H and O–H groups in total. The second-order valence-electron chi connectivity index (χ2n) is 6.72. The van der Waals surface area contributed by atoms with E-state index in [1.54, 1.807) is 17.9 Å². The molecule has 1 amide bonds. The zero-order valence-electron chi connectivity index (χ0n) is 15.7. The molecule has 0 fully saturated rings. The normalized spacial score (nSPS) is 11.0. The number of amides is 1. The summed E-state index contributed by atoms with van der Waals surface area (Å²) in [6.07, 6.45) is 4.83. The average Bonchev–Trinajstić information content (AvgIpc) is 3.19. The molecular formula is C21H18FN5O2. The first-order valence-electron chi connectivity index (χ1n) is 8.99. The van der Waals surface area contributed by atoms with Crippen LogP contribution in [-0.4, -0.2) is 37.2 Å². The molecule has 2 aromatic carbocycles. The molecule has 8 heteroatoms. The van der Waals surface area contributed by atoms with Gasteiger partial charge in [0.2, 0.25) is 5.91 Å². The quantitative estimate of drug-likeness (QED) is 0.524. The van der Waals surface area contributed by atoms with Crippen LogP contribution in [0, 0.1) is 5.82 Å².